The topological polar surface area (TPSA) is 89.6 Å². The third-order valence-corrected chi connectivity index (χ3v) is 6.71. The lowest BCUT2D eigenvalue weighted by atomic mass is 10.1. The zero-order chi connectivity index (χ0) is 26.8. The van der Waals surface area contributed by atoms with E-state index in [2.05, 4.69) is 15.9 Å². The third kappa shape index (κ3) is 4.70. The average Bonchev–Trinajstić information content (AvgIpc) is 3.29. The fourth-order valence-corrected chi connectivity index (χ4v) is 4.50. The normalized spacial score (nSPS) is 11.0. The molecule has 0 N–H and O–H groups in total. The van der Waals surface area contributed by atoms with Gasteiger partial charge in [0.2, 0.25) is 0 Å². The molecule has 0 atom stereocenters. The second-order valence-corrected chi connectivity index (χ2v) is 9.27. The van der Waals surface area contributed by atoms with Crippen LogP contribution in [0, 0.1) is 0 Å². The number of benzene rings is 3. The quantitative estimate of drug-likeness (QED) is 0.254. The molecule has 0 bridgehead atoms. The van der Waals surface area contributed by atoms with Crippen LogP contribution < -0.4 is 24.5 Å². The van der Waals surface area contributed by atoms with Gasteiger partial charge in [-0.2, -0.15) is 14.9 Å². The van der Waals surface area contributed by atoms with Crippen molar-refractivity contribution in [3.8, 4) is 39.9 Å². The Morgan fingerprint density at radius 3 is 2.08 bits per heavy atom. The number of ether oxygens (including phenoxy) is 4. The molecule has 0 aliphatic rings. The fraction of sp³-hybridized carbons (Fsp3) is 0.179. The van der Waals surface area contributed by atoms with E-state index in [0.717, 1.165) is 15.6 Å². The molecule has 194 valence electrons. The van der Waals surface area contributed by atoms with Gasteiger partial charge in [-0.1, -0.05) is 28.1 Å². The van der Waals surface area contributed by atoms with E-state index in [9.17, 15) is 4.79 Å². The van der Waals surface area contributed by atoms with Gasteiger partial charge in [-0.15, -0.1) is 0 Å². The minimum atomic E-state index is -0.328. The van der Waals surface area contributed by atoms with Crippen LogP contribution in [0.25, 0.3) is 28.0 Å². The SMILES string of the molecule is COc1ccc(Cn2nc(-c3ccc(Br)cc3)c3nn(-c4ccc(OC)cc4OC)c(=O)cc32)c(OC)c1. The molecular weight excluding hydrogens is 552 g/mol. The first-order valence-electron chi connectivity index (χ1n) is 11.7. The third-order valence-electron chi connectivity index (χ3n) is 6.18. The number of methoxy groups -OCH3 is 4. The summed E-state index contributed by atoms with van der Waals surface area (Å²) in [7, 11) is 6.32. The second kappa shape index (κ2) is 10.6. The van der Waals surface area contributed by atoms with E-state index in [1.165, 1.54) is 17.9 Å². The first-order valence-corrected chi connectivity index (χ1v) is 12.4. The monoisotopic (exact) mass is 576 g/mol. The van der Waals surface area contributed by atoms with E-state index in [1.54, 1.807) is 44.2 Å². The van der Waals surface area contributed by atoms with Gasteiger partial charge in [-0.05, 0) is 36.4 Å². The zero-order valence-electron chi connectivity index (χ0n) is 21.3. The predicted molar refractivity (Wildman–Crippen MR) is 148 cm³/mol. The maximum Gasteiger partial charge on any atom is 0.273 e. The maximum atomic E-state index is 13.4. The summed E-state index contributed by atoms with van der Waals surface area (Å²) in [6.07, 6.45) is 0. The summed E-state index contributed by atoms with van der Waals surface area (Å²) in [4.78, 5) is 13.4. The highest BCUT2D eigenvalue weighted by Gasteiger charge is 2.20. The molecule has 3 aromatic carbocycles. The summed E-state index contributed by atoms with van der Waals surface area (Å²) in [6.45, 7) is 0.358. The van der Waals surface area contributed by atoms with Crippen LogP contribution in [0.5, 0.6) is 23.0 Å². The van der Waals surface area contributed by atoms with Crippen molar-refractivity contribution in [2.45, 2.75) is 6.54 Å². The van der Waals surface area contributed by atoms with Gasteiger partial charge in [0.05, 0.1) is 40.5 Å². The van der Waals surface area contributed by atoms with Crippen molar-refractivity contribution in [2.75, 3.05) is 28.4 Å². The first kappa shape index (κ1) is 25.3. The van der Waals surface area contributed by atoms with Crippen molar-refractivity contribution in [3.05, 3.63) is 87.1 Å². The Kier molecular flexibility index (Phi) is 7.06. The Labute approximate surface area is 227 Å². The Hall–Kier alpha value is -4.31. The van der Waals surface area contributed by atoms with Crippen LogP contribution >= 0.6 is 15.9 Å². The van der Waals surface area contributed by atoms with Crippen molar-refractivity contribution in [1.29, 1.82) is 0 Å². The van der Waals surface area contributed by atoms with Crippen LogP contribution in [-0.2, 0) is 6.54 Å². The number of rotatable bonds is 8. The maximum absolute atomic E-state index is 13.4. The highest BCUT2D eigenvalue weighted by atomic mass is 79.9. The summed E-state index contributed by atoms with van der Waals surface area (Å²) in [5.74, 6) is 2.40. The molecule has 0 fully saturated rings. The van der Waals surface area contributed by atoms with Crippen LogP contribution in [0.15, 0.2) is 76.0 Å². The summed E-state index contributed by atoms with van der Waals surface area (Å²) in [6, 6.07) is 20.1. The molecule has 5 aromatic rings. The van der Waals surface area contributed by atoms with E-state index < -0.39 is 0 Å². The van der Waals surface area contributed by atoms with Gasteiger partial charge in [-0.3, -0.25) is 9.48 Å². The minimum absolute atomic E-state index is 0.328. The first-order chi connectivity index (χ1) is 18.4. The molecule has 0 saturated heterocycles. The minimum Gasteiger partial charge on any atom is -0.497 e. The van der Waals surface area contributed by atoms with Gasteiger partial charge < -0.3 is 18.9 Å². The summed E-state index contributed by atoms with van der Waals surface area (Å²) in [5.41, 5.74) is 3.70. The number of halogens is 1. The molecule has 38 heavy (non-hydrogen) atoms. The molecule has 2 heterocycles. The second-order valence-electron chi connectivity index (χ2n) is 8.36. The summed E-state index contributed by atoms with van der Waals surface area (Å²) < 4.78 is 25.8. The van der Waals surface area contributed by atoms with Gasteiger partial charge in [0, 0.05) is 33.8 Å². The average molecular weight is 577 g/mol. The van der Waals surface area contributed by atoms with E-state index >= 15 is 0 Å². The van der Waals surface area contributed by atoms with E-state index in [1.807, 2.05) is 42.5 Å². The molecule has 5 rings (SSSR count). The predicted octanol–water partition coefficient (Wildman–Crippen LogP) is 5.09. The highest BCUT2D eigenvalue weighted by molar-refractivity contribution is 9.10. The molecule has 0 amide bonds. The lowest BCUT2D eigenvalue weighted by Crippen LogP contribution is -2.21. The lowest BCUT2D eigenvalue weighted by Gasteiger charge is -2.12. The van der Waals surface area contributed by atoms with Crippen LogP contribution in [0.3, 0.4) is 0 Å². The number of nitrogens with zero attached hydrogens (tertiary/aromatic N) is 4. The molecule has 10 heteroatoms. The standard InChI is InChI=1S/C28H25BrN4O5/c1-35-20-10-7-18(24(13-20)37-3)16-32-23-15-26(34)33(22-12-11-21(36-2)14-25(22)38-4)31-28(23)27(30-32)17-5-8-19(29)9-6-17/h5-15H,16H2,1-4H3. The molecular formula is C28H25BrN4O5. The van der Waals surface area contributed by atoms with Gasteiger partial charge in [-0.25, -0.2) is 0 Å². The Bertz CT molecular complexity index is 1680. The van der Waals surface area contributed by atoms with Crippen LogP contribution in [0.1, 0.15) is 5.56 Å². The molecule has 0 aliphatic heterocycles. The molecule has 0 radical (unpaired) electrons. The number of hydrogen-bond donors (Lipinski definition) is 0. The van der Waals surface area contributed by atoms with Gasteiger partial charge in [0.1, 0.15) is 39.9 Å². The lowest BCUT2D eigenvalue weighted by molar-refractivity contribution is 0.390. The Morgan fingerprint density at radius 1 is 0.763 bits per heavy atom. The molecule has 9 nitrogen and oxygen atoms in total. The zero-order valence-corrected chi connectivity index (χ0v) is 22.9. The van der Waals surface area contributed by atoms with Crippen LogP contribution in [0.4, 0.5) is 0 Å². The van der Waals surface area contributed by atoms with E-state index in [0.29, 0.717) is 52.0 Å². The molecule has 0 aliphatic carbocycles. The van der Waals surface area contributed by atoms with Gasteiger partial charge in [0.25, 0.3) is 5.56 Å². The van der Waals surface area contributed by atoms with Gasteiger partial charge in [0.15, 0.2) is 0 Å². The fourth-order valence-electron chi connectivity index (χ4n) is 4.23. The van der Waals surface area contributed by atoms with Crippen molar-refractivity contribution in [1.82, 2.24) is 19.6 Å². The largest absolute Gasteiger partial charge is 0.497 e. The molecule has 0 unspecified atom stereocenters. The van der Waals surface area contributed by atoms with Crippen LogP contribution in [-0.4, -0.2) is 48.0 Å². The summed E-state index contributed by atoms with van der Waals surface area (Å²) >= 11 is 3.49. The van der Waals surface area contributed by atoms with Gasteiger partial charge >= 0.3 is 0 Å². The van der Waals surface area contributed by atoms with E-state index in [4.69, 9.17) is 29.1 Å². The van der Waals surface area contributed by atoms with E-state index in [-0.39, 0.29) is 5.56 Å². The Morgan fingerprint density at radius 2 is 1.42 bits per heavy atom. The van der Waals surface area contributed by atoms with Crippen molar-refractivity contribution >= 4 is 27.0 Å². The number of hydrogen-bond acceptors (Lipinski definition) is 7. The summed E-state index contributed by atoms with van der Waals surface area (Å²) in [5, 5.41) is 9.67. The highest BCUT2D eigenvalue weighted by Crippen LogP contribution is 2.31. The molecule has 0 spiro atoms. The van der Waals surface area contributed by atoms with Crippen molar-refractivity contribution in [3.63, 3.8) is 0 Å². The van der Waals surface area contributed by atoms with Crippen molar-refractivity contribution in [2.24, 2.45) is 0 Å². The number of fused-ring (bicyclic) bond motifs is 1. The Balaban J connectivity index is 1.72. The van der Waals surface area contributed by atoms with Crippen molar-refractivity contribution < 1.29 is 18.9 Å². The molecule has 2 aromatic heterocycles. The molecule has 0 saturated carbocycles. The number of aromatic nitrogens is 4. The smallest absolute Gasteiger partial charge is 0.273 e. The van der Waals surface area contributed by atoms with Crippen LogP contribution in [0.2, 0.25) is 0 Å².